The predicted molar refractivity (Wildman–Crippen MR) is 79.6 cm³/mol. The van der Waals surface area contributed by atoms with Crippen molar-refractivity contribution in [3.63, 3.8) is 0 Å². The summed E-state index contributed by atoms with van der Waals surface area (Å²) in [4.78, 5) is 13.9. The zero-order valence-corrected chi connectivity index (χ0v) is 13.1. The third kappa shape index (κ3) is 2.90. The maximum atomic E-state index is 12.3. The average Bonchev–Trinajstić information content (AvgIpc) is 2.92. The van der Waals surface area contributed by atoms with E-state index in [9.17, 15) is 4.79 Å². The van der Waals surface area contributed by atoms with E-state index < -0.39 is 0 Å². The second-order valence-electron chi connectivity index (χ2n) is 4.75. The maximum absolute atomic E-state index is 12.3. The van der Waals surface area contributed by atoms with E-state index in [0.29, 0.717) is 30.0 Å². The number of halogens is 1. The summed E-state index contributed by atoms with van der Waals surface area (Å²) in [7, 11) is 1.75. The van der Waals surface area contributed by atoms with Crippen LogP contribution in [0, 0.1) is 0 Å². The zero-order chi connectivity index (χ0) is 14.8. The SMILES string of the molecule is CN(Cc1ccc2c(c1)OCCO2)C(=O)c1ccoc1Br. The first-order valence-corrected chi connectivity index (χ1v) is 7.31. The Kier molecular flexibility index (Phi) is 3.88. The van der Waals surface area contributed by atoms with Gasteiger partial charge in [-0.05, 0) is 39.7 Å². The molecule has 3 rings (SSSR count). The van der Waals surface area contributed by atoms with Gasteiger partial charge in [-0.2, -0.15) is 0 Å². The van der Waals surface area contributed by atoms with Crippen molar-refractivity contribution >= 4 is 21.8 Å². The molecule has 1 aliphatic heterocycles. The van der Waals surface area contributed by atoms with Crippen molar-refractivity contribution in [3.8, 4) is 11.5 Å². The zero-order valence-electron chi connectivity index (χ0n) is 11.5. The van der Waals surface area contributed by atoms with Gasteiger partial charge in [-0.3, -0.25) is 4.79 Å². The molecule has 0 saturated carbocycles. The molecular formula is C15H14BrNO4. The molecule has 1 aliphatic rings. The summed E-state index contributed by atoms with van der Waals surface area (Å²) in [6, 6.07) is 7.35. The average molecular weight is 352 g/mol. The molecule has 0 saturated heterocycles. The predicted octanol–water partition coefficient (Wildman–Crippen LogP) is 3.09. The molecule has 1 aromatic carbocycles. The van der Waals surface area contributed by atoms with Gasteiger partial charge in [0.15, 0.2) is 16.2 Å². The summed E-state index contributed by atoms with van der Waals surface area (Å²) < 4.78 is 16.6. The van der Waals surface area contributed by atoms with Gasteiger partial charge < -0.3 is 18.8 Å². The van der Waals surface area contributed by atoms with Crippen molar-refractivity contribution in [2.24, 2.45) is 0 Å². The summed E-state index contributed by atoms with van der Waals surface area (Å²) in [5, 5.41) is 0. The minimum atomic E-state index is -0.106. The van der Waals surface area contributed by atoms with Crippen LogP contribution < -0.4 is 9.47 Å². The molecule has 110 valence electrons. The lowest BCUT2D eigenvalue weighted by atomic mass is 10.1. The van der Waals surface area contributed by atoms with Crippen LogP contribution in [0.5, 0.6) is 11.5 Å². The van der Waals surface area contributed by atoms with E-state index in [4.69, 9.17) is 13.9 Å². The van der Waals surface area contributed by atoms with E-state index in [2.05, 4.69) is 15.9 Å². The van der Waals surface area contributed by atoms with Crippen LogP contribution in [0.15, 0.2) is 39.6 Å². The summed E-state index contributed by atoms with van der Waals surface area (Å²) >= 11 is 3.22. The Labute approximate surface area is 130 Å². The minimum Gasteiger partial charge on any atom is -0.486 e. The highest BCUT2D eigenvalue weighted by atomic mass is 79.9. The normalized spacial score (nSPS) is 13.0. The van der Waals surface area contributed by atoms with E-state index in [-0.39, 0.29) is 5.91 Å². The Morgan fingerprint density at radius 1 is 1.24 bits per heavy atom. The lowest BCUT2D eigenvalue weighted by Crippen LogP contribution is -2.26. The Balaban J connectivity index is 1.74. The summed E-state index contributed by atoms with van der Waals surface area (Å²) in [5.41, 5.74) is 1.49. The van der Waals surface area contributed by atoms with Crippen molar-refractivity contribution < 1.29 is 18.7 Å². The van der Waals surface area contributed by atoms with E-state index in [1.165, 1.54) is 6.26 Å². The molecule has 21 heavy (non-hydrogen) atoms. The van der Waals surface area contributed by atoms with E-state index in [1.54, 1.807) is 18.0 Å². The molecule has 5 nitrogen and oxygen atoms in total. The van der Waals surface area contributed by atoms with Gasteiger partial charge in [-0.15, -0.1) is 0 Å². The molecule has 0 radical (unpaired) electrons. The molecule has 0 unspecified atom stereocenters. The smallest absolute Gasteiger partial charge is 0.258 e. The van der Waals surface area contributed by atoms with Crippen LogP contribution in [0.4, 0.5) is 0 Å². The summed E-state index contributed by atoms with van der Waals surface area (Å²) in [5.74, 6) is 1.37. The first kappa shape index (κ1) is 14.0. The number of rotatable bonds is 3. The minimum absolute atomic E-state index is 0.106. The number of carbonyl (C=O) groups is 1. The second kappa shape index (κ2) is 5.81. The van der Waals surface area contributed by atoms with Gasteiger partial charge in [0, 0.05) is 13.6 Å². The van der Waals surface area contributed by atoms with Crippen molar-refractivity contribution in [1.82, 2.24) is 4.90 Å². The van der Waals surface area contributed by atoms with Crippen molar-refractivity contribution in [2.75, 3.05) is 20.3 Å². The Hall–Kier alpha value is -1.95. The molecular weight excluding hydrogens is 338 g/mol. The van der Waals surface area contributed by atoms with Crippen LogP contribution in [0.2, 0.25) is 0 Å². The fraction of sp³-hybridized carbons (Fsp3) is 0.267. The Bertz CT molecular complexity index is 667. The number of fused-ring (bicyclic) bond motifs is 1. The lowest BCUT2D eigenvalue weighted by Gasteiger charge is -2.21. The Morgan fingerprint density at radius 2 is 2.00 bits per heavy atom. The van der Waals surface area contributed by atoms with Crippen molar-refractivity contribution in [3.05, 3.63) is 46.3 Å². The molecule has 0 N–H and O–H groups in total. The van der Waals surface area contributed by atoms with Gasteiger partial charge in [0.1, 0.15) is 13.2 Å². The van der Waals surface area contributed by atoms with Crippen LogP contribution in [0.1, 0.15) is 15.9 Å². The van der Waals surface area contributed by atoms with Gasteiger partial charge in [-0.25, -0.2) is 0 Å². The lowest BCUT2D eigenvalue weighted by molar-refractivity contribution is 0.0783. The first-order valence-electron chi connectivity index (χ1n) is 6.52. The summed E-state index contributed by atoms with van der Waals surface area (Å²) in [6.07, 6.45) is 1.48. The fourth-order valence-electron chi connectivity index (χ4n) is 2.18. The van der Waals surface area contributed by atoms with Crippen LogP contribution >= 0.6 is 15.9 Å². The monoisotopic (exact) mass is 351 g/mol. The number of hydrogen-bond acceptors (Lipinski definition) is 4. The number of nitrogens with zero attached hydrogens (tertiary/aromatic N) is 1. The molecule has 1 aromatic heterocycles. The fourth-order valence-corrected chi connectivity index (χ4v) is 2.59. The standard InChI is InChI=1S/C15H14BrNO4/c1-17(15(18)11-4-5-21-14(11)16)9-10-2-3-12-13(8-10)20-7-6-19-12/h2-5,8H,6-7,9H2,1H3. The maximum Gasteiger partial charge on any atom is 0.258 e. The molecule has 0 spiro atoms. The largest absolute Gasteiger partial charge is 0.486 e. The number of amides is 1. The number of benzene rings is 1. The number of carbonyl (C=O) groups excluding carboxylic acids is 1. The van der Waals surface area contributed by atoms with Crippen LogP contribution in [0.3, 0.4) is 0 Å². The van der Waals surface area contributed by atoms with Gasteiger partial charge in [-0.1, -0.05) is 6.07 Å². The molecule has 2 heterocycles. The molecule has 0 atom stereocenters. The quantitative estimate of drug-likeness (QED) is 0.852. The second-order valence-corrected chi connectivity index (χ2v) is 5.47. The number of furan rings is 1. The number of hydrogen-bond donors (Lipinski definition) is 0. The molecule has 2 aromatic rings. The third-order valence-corrected chi connectivity index (χ3v) is 3.84. The molecule has 0 fully saturated rings. The highest BCUT2D eigenvalue weighted by Gasteiger charge is 2.18. The van der Waals surface area contributed by atoms with Crippen LogP contribution in [0.25, 0.3) is 0 Å². The van der Waals surface area contributed by atoms with Gasteiger partial charge in [0.05, 0.1) is 11.8 Å². The van der Waals surface area contributed by atoms with E-state index >= 15 is 0 Å². The highest BCUT2D eigenvalue weighted by molar-refractivity contribution is 9.10. The Morgan fingerprint density at radius 3 is 2.71 bits per heavy atom. The highest BCUT2D eigenvalue weighted by Crippen LogP contribution is 2.31. The summed E-state index contributed by atoms with van der Waals surface area (Å²) in [6.45, 7) is 1.60. The van der Waals surface area contributed by atoms with Gasteiger partial charge in [0.25, 0.3) is 5.91 Å². The van der Waals surface area contributed by atoms with Gasteiger partial charge >= 0.3 is 0 Å². The topological polar surface area (TPSA) is 51.9 Å². The molecule has 1 amide bonds. The molecule has 6 heteroatoms. The number of ether oxygens (including phenoxy) is 2. The van der Waals surface area contributed by atoms with Crippen molar-refractivity contribution in [1.29, 1.82) is 0 Å². The van der Waals surface area contributed by atoms with Gasteiger partial charge in [0.2, 0.25) is 0 Å². The van der Waals surface area contributed by atoms with E-state index in [0.717, 1.165) is 17.1 Å². The molecule has 0 bridgehead atoms. The van der Waals surface area contributed by atoms with Crippen molar-refractivity contribution in [2.45, 2.75) is 6.54 Å². The van der Waals surface area contributed by atoms with E-state index in [1.807, 2.05) is 18.2 Å². The van der Waals surface area contributed by atoms with Crippen LogP contribution in [-0.4, -0.2) is 31.1 Å². The van der Waals surface area contributed by atoms with Crippen LogP contribution in [-0.2, 0) is 6.54 Å². The molecule has 0 aliphatic carbocycles. The third-order valence-electron chi connectivity index (χ3n) is 3.22. The first-order chi connectivity index (χ1) is 10.1.